The molecule has 0 saturated carbocycles. The SMILES string of the molecule is CCN(CC)C(CNC(=NC)NC(C)Cc1c(C)nn(C)c1C)Cc1ccccc1. The third-order valence-corrected chi connectivity index (χ3v) is 5.92. The molecule has 0 radical (unpaired) electrons. The van der Waals surface area contributed by atoms with Crippen LogP contribution in [0.1, 0.15) is 43.3 Å². The van der Waals surface area contributed by atoms with Crippen LogP contribution >= 0.6 is 0 Å². The summed E-state index contributed by atoms with van der Waals surface area (Å²) in [4.78, 5) is 6.98. The summed E-state index contributed by atoms with van der Waals surface area (Å²) < 4.78 is 1.96. The van der Waals surface area contributed by atoms with Crippen molar-refractivity contribution in [2.24, 2.45) is 12.0 Å². The summed E-state index contributed by atoms with van der Waals surface area (Å²) in [5.41, 5.74) is 5.03. The number of likely N-dealkylation sites (N-methyl/N-ethyl adjacent to an activating group) is 1. The van der Waals surface area contributed by atoms with E-state index in [9.17, 15) is 0 Å². The highest BCUT2D eigenvalue weighted by atomic mass is 15.3. The average Bonchev–Trinajstić information content (AvgIpc) is 2.98. The molecular formula is C24H40N6. The molecule has 6 heteroatoms. The maximum atomic E-state index is 4.54. The summed E-state index contributed by atoms with van der Waals surface area (Å²) in [5.74, 6) is 0.854. The molecule has 2 N–H and O–H groups in total. The van der Waals surface area contributed by atoms with Gasteiger partial charge in [0.15, 0.2) is 5.96 Å². The first-order valence-corrected chi connectivity index (χ1v) is 11.1. The van der Waals surface area contributed by atoms with E-state index in [4.69, 9.17) is 0 Å². The molecule has 2 aromatic rings. The second-order valence-electron chi connectivity index (χ2n) is 8.04. The predicted octanol–water partition coefficient (Wildman–Crippen LogP) is 3.09. The van der Waals surface area contributed by atoms with Crippen LogP contribution in [-0.4, -0.2) is 59.4 Å². The molecule has 0 bridgehead atoms. The lowest BCUT2D eigenvalue weighted by Gasteiger charge is -2.31. The zero-order valence-electron chi connectivity index (χ0n) is 19.9. The number of hydrogen-bond donors (Lipinski definition) is 2. The quantitative estimate of drug-likeness (QED) is 0.465. The average molecular weight is 413 g/mol. The first-order chi connectivity index (χ1) is 14.4. The second-order valence-corrected chi connectivity index (χ2v) is 8.04. The Morgan fingerprint density at radius 1 is 1.13 bits per heavy atom. The van der Waals surface area contributed by atoms with E-state index in [0.29, 0.717) is 6.04 Å². The van der Waals surface area contributed by atoms with E-state index in [0.717, 1.165) is 44.1 Å². The highest BCUT2D eigenvalue weighted by molar-refractivity contribution is 5.80. The van der Waals surface area contributed by atoms with E-state index in [1.165, 1.54) is 16.8 Å². The van der Waals surface area contributed by atoms with Gasteiger partial charge < -0.3 is 10.6 Å². The van der Waals surface area contributed by atoms with Crippen LogP contribution in [0.3, 0.4) is 0 Å². The van der Waals surface area contributed by atoms with Crippen LogP contribution in [0.2, 0.25) is 0 Å². The van der Waals surface area contributed by atoms with Crippen molar-refractivity contribution in [1.82, 2.24) is 25.3 Å². The molecule has 0 aliphatic carbocycles. The summed E-state index contributed by atoms with van der Waals surface area (Å²) in [5, 5.41) is 11.7. The molecule has 1 aromatic carbocycles. The molecule has 2 unspecified atom stereocenters. The van der Waals surface area contributed by atoms with Crippen molar-refractivity contribution in [3.63, 3.8) is 0 Å². The molecule has 2 atom stereocenters. The molecule has 30 heavy (non-hydrogen) atoms. The molecule has 1 heterocycles. The number of nitrogens with one attached hydrogen (secondary N) is 2. The van der Waals surface area contributed by atoms with Crippen LogP contribution in [0.15, 0.2) is 35.3 Å². The minimum Gasteiger partial charge on any atom is -0.355 e. The van der Waals surface area contributed by atoms with Crippen molar-refractivity contribution in [2.45, 2.75) is 59.5 Å². The fraction of sp³-hybridized carbons (Fsp3) is 0.583. The Morgan fingerprint density at radius 2 is 1.80 bits per heavy atom. The van der Waals surface area contributed by atoms with Gasteiger partial charge >= 0.3 is 0 Å². The Kier molecular flexibility index (Phi) is 9.37. The van der Waals surface area contributed by atoms with Gasteiger partial charge in [0.2, 0.25) is 0 Å². The number of nitrogens with zero attached hydrogens (tertiary/aromatic N) is 4. The predicted molar refractivity (Wildman–Crippen MR) is 127 cm³/mol. The number of hydrogen-bond acceptors (Lipinski definition) is 3. The van der Waals surface area contributed by atoms with Gasteiger partial charge in [-0.1, -0.05) is 44.2 Å². The fourth-order valence-electron chi connectivity index (χ4n) is 4.07. The Bertz CT molecular complexity index is 792. The Hall–Kier alpha value is -2.34. The zero-order chi connectivity index (χ0) is 22.1. The van der Waals surface area contributed by atoms with Crippen molar-refractivity contribution in [2.75, 3.05) is 26.7 Å². The summed E-state index contributed by atoms with van der Waals surface area (Å²) in [7, 11) is 3.84. The van der Waals surface area contributed by atoms with Crippen LogP contribution in [0.25, 0.3) is 0 Å². The molecule has 0 saturated heterocycles. The van der Waals surface area contributed by atoms with Gasteiger partial charge in [-0.25, -0.2) is 0 Å². The Balaban J connectivity index is 1.98. The van der Waals surface area contributed by atoms with Crippen molar-refractivity contribution in [1.29, 1.82) is 0 Å². The van der Waals surface area contributed by atoms with Gasteiger partial charge in [-0.3, -0.25) is 14.6 Å². The number of aliphatic imine (C=N–C) groups is 1. The molecule has 2 rings (SSSR count). The largest absolute Gasteiger partial charge is 0.355 e. The van der Waals surface area contributed by atoms with E-state index in [2.05, 4.69) is 90.6 Å². The minimum absolute atomic E-state index is 0.263. The maximum absolute atomic E-state index is 4.54. The van der Waals surface area contributed by atoms with Gasteiger partial charge in [-0.2, -0.15) is 5.10 Å². The van der Waals surface area contributed by atoms with Gasteiger partial charge in [0, 0.05) is 38.4 Å². The molecule has 0 aliphatic rings. The Morgan fingerprint density at radius 3 is 2.33 bits per heavy atom. The number of rotatable bonds is 10. The van der Waals surface area contributed by atoms with E-state index in [1.54, 1.807) is 0 Å². The van der Waals surface area contributed by atoms with Crippen LogP contribution in [0, 0.1) is 13.8 Å². The van der Waals surface area contributed by atoms with Gasteiger partial charge in [0.1, 0.15) is 0 Å². The Labute approximate surface area is 182 Å². The molecule has 0 amide bonds. The van der Waals surface area contributed by atoms with Crippen LogP contribution < -0.4 is 10.6 Å². The first kappa shape index (κ1) is 23.9. The van der Waals surface area contributed by atoms with Crippen LogP contribution in [0.4, 0.5) is 0 Å². The van der Waals surface area contributed by atoms with Crippen molar-refractivity contribution >= 4 is 5.96 Å². The van der Waals surface area contributed by atoms with Crippen LogP contribution in [0.5, 0.6) is 0 Å². The lowest BCUT2D eigenvalue weighted by molar-refractivity contribution is 0.215. The maximum Gasteiger partial charge on any atom is 0.191 e. The summed E-state index contributed by atoms with van der Waals surface area (Å²) in [6, 6.07) is 11.4. The molecule has 166 valence electrons. The van der Waals surface area contributed by atoms with Crippen molar-refractivity contribution < 1.29 is 0 Å². The molecule has 1 aromatic heterocycles. The molecule has 6 nitrogen and oxygen atoms in total. The van der Waals surface area contributed by atoms with E-state index >= 15 is 0 Å². The minimum atomic E-state index is 0.263. The summed E-state index contributed by atoms with van der Waals surface area (Å²) in [6.07, 6.45) is 1.95. The number of aromatic nitrogens is 2. The highest BCUT2D eigenvalue weighted by Gasteiger charge is 2.18. The van der Waals surface area contributed by atoms with Gasteiger partial charge in [-0.05, 0) is 57.8 Å². The highest BCUT2D eigenvalue weighted by Crippen LogP contribution is 2.14. The lowest BCUT2D eigenvalue weighted by atomic mass is 10.0. The van der Waals surface area contributed by atoms with Crippen molar-refractivity contribution in [3.05, 3.63) is 52.8 Å². The van der Waals surface area contributed by atoms with E-state index in [1.807, 2.05) is 18.8 Å². The van der Waals surface area contributed by atoms with Gasteiger partial charge in [0.25, 0.3) is 0 Å². The van der Waals surface area contributed by atoms with E-state index < -0.39 is 0 Å². The fourth-order valence-corrected chi connectivity index (χ4v) is 4.07. The first-order valence-electron chi connectivity index (χ1n) is 11.1. The third-order valence-electron chi connectivity index (χ3n) is 5.92. The van der Waals surface area contributed by atoms with Gasteiger partial charge in [0.05, 0.1) is 5.69 Å². The van der Waals surface area contributed by atoms with E-state index in [-0.39, 0.29) is 6.04 Å². The number of benzene rings is 1. The number of guanidine groups is 1. The lowest BCUT2D eigenvalue weighted by Crippen LogP contribution is -2.50. The summed E-state index contributed by atoms with van der Waals surface area (Å²) >= 11 is 0. The normalized spacial score (nSPS) is 14.1. The van der Waals surface area contributed by atoms with Crippen molar-refractivity contribution in [3.8, 4) is 0 Å². The topological polar surface area (TPSA) is 57.5 Å². The number of aryl methyl sites for hydroxylation is 2. The monoisotopic (exact) mass is 412 g/mol. The zero-order valence-corrected chi connectivity index (χ0v) is 19.9. The molecule has 0 fully saturated rings. The molecule has 0 aliphatic heterocycles. The van der Waals surface area contributed by atoms with Crippen LogP contribution in [-0.2, 0) is 19.9 Å². The second kappa shape index (κ2) is 11.7. The summed E-state index contributed by atoms with van der Waals surface area (Å²) in [6.45, 7) is 13.8. The third kappa shape index (κ3) is 6.59. The standard InChI is InChI=1S/C24H40N6/c1-8-30(9-2)22(16-21-13-11-10-12-14-21)17-26-24(25-6)27-18(3)15-23-19(4)28-29(7)20(23)5/h10-14,18,22H,8-9,15-17H2,1-7H3,(H2,25,26,27). The molecular weight excluding hydrogens is 372 g/mol. The molecule has 0 spiro atoms. The van der Waals surface area contributed by atoms with Gasteiger partial charge in [-0.15, -0.1) is 0 Å². The smallest absolute Gasteiger partial charge is 0.191 e.